The molecule has 0 saturated carbocycles. The van der Waals surface area contributed by atoms with E-state index >= 15 is 0 Å². The van der Waals surface area contributed by atoms with Crippen molar-refractivity contribution in [3.8, 4) is 5.88 Å². The lowest BCUT2D eigenvalue weighted by molar-refractivity contribution is -0.384. The molecule has 0 aliphatic heterocycles. The number of hydrogen-bond acceptors (Lipinski definition) is 6. The van der Waals surface area contributed by atoms with Crippen molar-refractivity contribution in [1.82, 2.24) is 9.78 Å². The Kier molecular flexibility index (Phi) is 5.56. The maximum Gasteiger partial charge on any atom is 0.344 e. The van der Waals surface area contributed by atoms with Crippen LogP contribution in [0.5, 0.6) is 5.88 Å². The fraction of sp³-hybridized carbons (Fsp3) is 0.222. The highest BCUT2D eigenvalue weighted by Gasteiger charge is 2.17. The van der Waals surface area contributed by atoms with Gasteiger partial charge in [-0.3, -0.25) is 14.8 Å². The van der Waals surface area contributed by atoms with Gasteiger partial charge in [0.2, 0.25) is 5.88 Å². The molecule has 0 radical (unpaired) electrons. The van der Waals surface area contributed by atoms with E-state index < -0.39 is 10.9 Å². The van der Waals surface area contributed by atoms with Crippen LogP contribution in [0, 0.1) is 10.1 Å². The predicted molar refractivity (Wildman–Crippen MR) is 99.1 cm³/mol. The molecule has 9 heteroatoms. The lowest BCUT2D eigenvalue weighted by Crippen LogP contribution is -2.15. The van der Waals surface area contributed by atoms with E-state index in [1.807, 2.05) is 12.1 Å². The van der Waals surface area contributed by atoms with Gasteiger partial charge in [0.05, 0.1) is 29.0 Å². The average molecular weight is 390 g/mol. The van der Waals surface area contributed by atoms with Gasteiger partial charge in [-0.2, -0.15) is 0 Å². The van der Waals surface area contributed by atoms with Crippen LogP contribution in [0.15, 0.2) is 42.5 Å². The van der Waals surface area contributed by atoms with Crippen LogP contribution in [0.2, 0.25) is 5.02 Å². The molecule has 1 aromatic heterocycles. The molecule has 0 bridgehead atoms. The zero-order valence-electron chi connectivity index (χ0n) is 14.4. The largest absolute Gasteiger partial charge is 0.464 e. The number of carbonyl (C=O) groups is 1. The molecule has 27 heavy (non-hydrogen) atoms. The summed E-state index contributed by atoms with van der Waals surface area (Å²) in [5, 5.41) is 16.5. The van der Waals surface area contributed by atoms with Gasteiger partial charge in [0.1, 0.15) is 0 Å². The maximum absolute atomic E-state index is 11.6. The fourth-order valence-electron chi connectivity index (χ4n) is 2.57. The van der Waals surface area contributed by atoms with Gasteiger partial charge in [-0.25, -0.2) is 4.79 Å². The van der Waals surface area contributed by atoms with Crippen LogP contribution < -0.4 is 4.74 Å². The van der Waals surface area contributed by atoms with E-state index in [9.17, 15) is 14.9 Å². The number of carbonyl (C=O) groups excluding carboxylic acids is 1. The van der Waals surface area contributed by atoms with Crippen molar-refractivity contribution in [1.29, 1.82) is 0 Å². The van der Waals surface area contributed by atoms with E-state index in [1.165, 1.54) is 12.1 Å². The molecule has 8 nitrogen and oxygen atoms in total. The second-order valence-corrected chi connectivity index (χ2v) is 6.08. The van der Waals surface area contributed by atoms with Gasteiger partial charge >= 0.3 is 5.97 Å². The number of rotatable bonds is 7. The molecule has 0 amide bonds. The monoisotopic (exact) mass is 389 g/mol. The summed E-state index contributed by atoms with van der Waals surface area (Å²) < 4.78 is 11.9. The number of esters is 1. The Morgan fingerprint density at radius 2 is 2.00 bits per heavy atom. The van der Waals surface area contributed by atoms with Crippen LogP contribution >= 0.6 is 11.6 Å². The third-order valence-electron chi connectivity index (χ3n) is 3.79. The Hall–Kier alpha value is -3.13. The van der Waals surface area contributed by atoms with E-state index in [4.69, 9.17) is 21.1 Å². The van der Waals surface area contributed by atoms with E-state index in [2.05, 4.69) is 5.10 Å². The first-order chi connectivity index (χ1) is 13.0. The van der Waals surface area contributed by atoms with Crippen molar-refractivity contribution < 1.29 is 19.2 Å². The molecule has 0 saturated heterocycles. The summed E-state index contributed by atoms with van der Waals surface area (Å²) >= 11 is 5.91. The summed E-state index contributed by atoms with van der Waals surface area (Å²) in [6, 6.07) is 11.6. The van der Waals surface area contributed by atoms with Crippen molar-refractivity contribution in [2.75, 3.05) is 13.2 Å². The summed E-state index contributed by atoms with van der Waals surface area (Å²) in [5.74, 6) is -0.404. The van der Waals surface area contributed by atoms with Crippen LogP contribution in [0.4, 0.5) is 5.69 Å². The smallest absolute Gasteiger partial charge is 0.344 e. The highest BCUT2D eigenvalue weighted by atomic mass is 35.5. The van der Waals surface area contributed by atoms with E-state index in [1.54, 1.807) is 29.8 Å². The van der Waals surface area contributed by atoms with Gasteiger partial charge in [0.15, 0.2) is 6.61 Å². The van der Waals surface area contributed by atoms with Crippen molar-refractivity contribution in [2.24, 2.45) is 0 Å². The van der Waals surface area contributed by atoms with Crippen molar-refractivity contribution in [3.05, 3.63) is 63.2 Å². The van der Waals surface area contributed by atoms with E-state index in [-0.39, 0.29) is 24.8 Å². The van der Waals surface area contributed by atoms with Gasteiger partial charge in [-0.05, 0) is 30.7 Å². The molecule has 1 heterocycles. The maximum atomic E-state index is 11.6. The number of benzene rings is 2. The normalized spacial score (nSPS) is 10.7. The van der Waals surface area contributed by atoms with Crippen LogP contribution in [-0.2, 0) is 16.1 Å². The molecule has 0 fully saturated rings. The number of hydrogen-bond donors (Lipinski definition) is 0. The molecule has 3 rings (SSSR count). The van der Waals surface area contributed by atoms with Crippen LogP contribution in [0.25, 0.3) is 10.9 Å². The topological polar surface area (TPSA) is 96.5 Å². The first-order valence-corrected chi connectivity index (χ1v) is 8.53. The zero-order valence-corrected chi connectivity index (χ0v) is 15.2. The second-order valence-electron chi connectivity index (χ2n) is 5.64. The van der Waals surface area contributed by atoms with E-state index in [0.717, 1.165) is 5.56 Å². The Labute approximate surface area is 159 Å². The molecule has 140 valence electrons. The van der Waals surface area contributed by atoms with Gasteiger partial charge in [0, 0.05) is 17.2 Å². The molecule has 0 aliphatic carbocycles. The van der Waals surface area contributed by atoms with Crippen molar-refractivity contribution >= 4 is 34.2 Å². The summed E-state index contributed by atoms with van der Waals surface area (Å²) in [7, 11) is 0. The first kappa shape index (κ1) is 18.7. The summed E-state index contributed by atoms with van der Waals surface area (Å²) in [6.07, 6.45) is 0. The lowest BCUT2D eigenvalue weighted by Gasteiger charge is -2.04. The Balaban J connectivity index is 1.96. The SMILES string of the molecule is CCOC(=O)COc1nn(Cc2ccc(Cl)cc2)c2ccc([N+](=O)[O-])cc12. The number of ether oxygens (including phenoxy) is 2. The average Bonchev–Trinajstić information content (AvgIpc) is 2.99. The van der Waals surface area contributed by atoms with Gasteiger partial charge < -0.3 is 9.47 Å². The molecule has 3 aromatic rings. The molecule has 2 aromatic carbocycles. The molecular weight excluding hydrogens is 374 g/mol. The number of nitro groups is 1. The Morgan fingerprint density at radius 3 is 2.67 bits per heavy atom. The quantitative estimate of drug-likeness (QED) is 0.348. The second kappa shape index (κ2) is 8.05. The fourth-order valence-corrected chi connectivity index (χ4v) is 2.70. The number of nitrogens with zero attached hydrogens (tertiary/aromatic N) is 3. The van der Waals surface area contributed by atoms with Crippen LogP contribution in [-0.4, -0.2) is 33.9 Å². The highest BCUT2D eigenvalue weighted by molar-refractivity contribution is 6.30. The molecule has 0 unspecified atom stereocenters. The van der Waals surface area contributed by atoms with Crippen molar-refractivity contribution in [2.45, 2.75) is 13.5 Å². The third-order valence-corrected chi connectivity index (χ3v) is 4.04. The van der Waals surface area contributed by atoms with Crippen molar-refractivity contribution in [3.63, 3.8) is 0 Å². The molecular formula is C18H16ClN3O5. The number of aromatic nitrogens is 2. The standard InChI is InChI=1S/C18H16ClN3O5/c1-2-26-17(23)11-27-18-15-9-14(22(24)25)7-8-16(15)21(20-18)10-12-3-5-13(19)6-4-12/h3-9H,2,10-11H2,1H3. The predicted octanol–water partition coefficient (Wildman–Crippen LogP) is 3.59. The van der Waals surface area contributed by atoms with E-state index in [0.29, 0.717) is 22.5 Å². The molecule has 0 atom stereocenters. The van der Waals surface area contributed by atoms with Crippen LogP contribution in [0.3, 0.4) is 0 Å². The first-order valence-electron chi connectivity index (χ1n) is 8.15. The summed E-state index contributed by atoms with van der Waals surface area (Å²) in [6.45, 7) is 2.01. The third kappa shape index (κ3) is 4.35. The van der Waals surface area contributed by atoms with Crippen LogP contribution in [0.1, 0.15) is 12.5 Å². The Bertz CT molecular complexity index is 985. The van der Waals surface area contributed by atoms with Gasteiger partial charge in [-0.15, -0.1) is 5.10 Å². The molecule has 0 aliphatic rings. The molecule has 0 N–H and O–H groups in total. The van der Waals surface area contributed by atoms with Gasteiger partial charge in [0.25, 0.3) is 5.69 Å². The minimum atomic E-state index is -0.539. The number of non-ortho nitro benzene ring substituents is 1. The molecule has 0 spiro atoms. The minimum Gasteiger partial charge on any atom is -0.464 e. The number of fused-ring (bicyclic) bond motifs is 1. The zero-order chi connectivity index (χ0) is 19.4. The minimum absolute atomic E-state index is 0.0884. The number of halogens is 1. The summed E-state index contributed by atoms with van der Waals surface area (Å²) in [5.41, 5.74) is 1.50. The lowest BCUT2D eigenvalue weighted by atomic mass is 10.2. The summed E-state index contributed by atoms with van der Waals surface area (Å²) in [4.78, 5) is 22.1. The number of nitro benzene ring substituents is 1. The Morgan fingerprint density at radius 1 is 1.26 bits per heavy atom. The van der Waals surface area contributed by atoms with Gasteiger partial charge in [-0.1, -0.05) is 23.7 Å². The highest BCUT2D eigenvalue weighted by Crippen LogP contribution is 2.29.